The third kappa shape index (κ3) is 2.77. The lowest BCUT2D eigenvalue weighted by Gasteiger charge is -2.48. The van der Waals surface area contributed by atoms with Crippen LogP contribution < -0.4 is 19.9 Å². The number of fused-ring (bicyclic) bond motifs is 1. The molecule has 0 radical (unpaired) electrons. The fourth-order valence-corrected chi connectivity index (χ4v) is 4.32. The molecule has 0 aromatic heterocycles. The van der Waals surface area contributed by atoms with Crippen molar-refractivity contribution >= 4 is 17.3 Å². The summed E-state index contributed by atoms with van der Waals surface area (Å²) in [5.41, 5.74) is 2.50. The zero-order valence-corrected chi connectivity index (χ0v) is 15.5. The number of rotatable bonds is 3. The first-order valence-corrected chi connectivity index (χ1v) is 9.90. The lowest BCUT2D eigenvalue weighted by molar-refractivity contribution is -0.143. The predicted octanol–water partition coefficient (Wildman–Crippen LogP) is 2.94. The van der Waals surface area contributed by atoms with Crippen LogP contribution in [0.4, 0.5) is 11.4 Å². The van der Waals surface area contributed by atoms with E-state index in [9.17, 15) is 4.79 Å². The molecule has 1 saturated carbocycles. The highest BCUT2D eigenvalue weighted by atomic mass is 16.5. The van der Waals surface area contributed by atoms with Crippen molar-refractivity contribution in [1.82, 2.24) is 5.32 Å². The smallest absolute Gasteiger partial charge is 0.271 e. The molecule has 27 heavy (non-hydrogen) atoms. The molecule has 1 spiro atoms. The zero-order valence-electron chi connectivity index (χ0n) is 15.5. The number of hydrogen-bond donors (Lipinski definition) is 1. The van der Waals surface area contributed by atoms with Crippen LogP contribution in [0.2, 0.25) is 0 Å². The number of amides is 1. The van der Waals surface area contributed by atoms with Crippen LogP contribution in [0.5, 0.6) is 5.75 Å². The summed E-state index contributed by atoms with van der Waals surface area (Å²) >= 11 is 0. The molecule has 1 aliphatic carbocycles. The molecule has 5 nitrogen and oxygen atoms in total. The van der Waals surface area contributed by atoms with Crippen molar-refractivity contribution in [1.29, 1.82) is 0 Å². The van der Waals surface area contributed by atoms with E-state index in [2.05, 4.69) is 28.4 Å². The van der Waals surface area contributed by atoms with Crippen LogP contribution in [0.3, 0.4) is 0 Å². The number of benzene rings is 2. The molecule has 2 fully saturated rings. The highest BCUT2D eigenvalue weighted by Crippen LogP contribution is 2.50. The molecule has 1 amide bonds. The van der Waals surface area contributed by atoms with Crippen molar-refractivity contribution in [3.8, 4) is 5.75 Å². The molecule has 5 rings (SSSR count). The minimum atomic E-state index is -0.661. The fraction of sp³-hybridized carbons (Fsp3) is 0.409. The minimum Gasteiger partial charge on any atom is -0.473 e. The standard InChI is InChI=1S/C22H25N3O2/c26-21-22(10-5-11-22)27-20-18(24-14-12-23-13-15-24)8-4-9-19(20)25(21)16-17-6-2-1-3-7-17/h1-4,6-9,23H,5,10-16H2. The van der Waals surface area contributed by atoms with Gasteiger partial charge in [0, 0.05) is 26.2 Å². The first kappa shape index (κ1) is 16.6. The first-order valence-electron chi connectivity index (χ1n) is 9.90. The first-order chi connectivity index (χ1) is 13.3. The second-order valence-electron chi connectivity index (χ2n) is 7.69. The summed E-state index contributed by atoms with van der Waals surface area (Å²) in [7, 11) is 0. The summed E-state index contributed by atoms with van der Waals surface area (Å²) in [5.74, 6) is 0.997. The molecule has 2 aromatic rings. The van der Waals surface area contributed by atoms with Gasteiger partial charge >= 0.3 is 0 Å². The third-order valence-corrected chi connectivity index (χ3v) is 6.00. The maximum Gasteiger partial charge on any atom is 0.271 e. The van der Waals surface area contributed by atoms with Gasteiger partial charge < -0.3 is 19.9 Å². The van der Waals surface area contributed by atoms with E-state index in [0.717, 1.165) is 68.1 Å². The Morgan fingerprint density at radius 2 is 1.70 bits per heavy atom. The Morgan fingerprint density at radius 3 is 2.41 bits per heavy atom. The molecule has 1 saturated heterocycles. The van der Waals surface area contributed by atoms with Gasteiger partial charge in [-0.15, -0.1) is 0 Å². The van der Waals surface area contributed by atoms with Crippen LogP contribution >= 0.6 is 0 Å². The molecule has 3 aliphatic rings. The van der Waals surface area contributed by atoms with Gasteiger partial charge in [-0.05, 0) is 37.0 Å². The van der Waals surface area contributed by atoms with Gasteiger partial charge in [-0.25, -0.2) is 0 Å². The second-order valence-corrected chi connectivity index (χ2v) is 7.69. The van der Waals surface area contributed by atoms with E-state index in [1.165, 1.54) is 0 Å². The largest absolute Gasteiger partial charge is 0.473 e. The summed E-state index contributed by atoms with van der Waals surface area (Å²) in [6.45, 7) is 4.45. The molecular weight excluding hydrogens is 338 g/mol. The predicted molar refractivity (Wildman–Crippen MR) is 106 cm³/mol. The summed E-state index contributed by atoms with van der Waals surface area (Å²) in [5, 5.41) is 3.40. The van der Waals surface area contributed by atoms with Gasteiger partial charge in [0.1, 0.15) is 0 Å². The van der Waals surface area contributed by atoms with E-state index < -0.39 is 5.60 Å². The van der Waals surface area contributed by atoms with Gasteiger partial charge in [-0.2, -0.15) is 0 Å². The Morgan fingerprint density at radius 1 is 0.963 bits per heavy atom. The van der Waals surface area contributed by atoms with E-state index in [4.69, 9.17) is 4.74 Å². The fourth-order valence-electron chi connectivity index (χ4n) is 4.32. The Hall–Kier alpha value is -2.53. The Labute approximate surface area is 159 Å². The Kier molecular flexibility index (Phi) is 4.05. The van der Waals surface area contributed by atoms with Crippen molar-refractivity contribution in [3.05, 3.63) is 54.1 Å². The van der Waals surface area contributed by atoms with Gasteiger partial charge in [0.05, 0.1) is 17.9 Å². The third-order valence-electron chi connectivity index (χ3n) is 6.00. The number of anilines is 2. The number of hydrogen-bond acceptors (Lipinski definition) is 4. The lowest BCUT2D eigenvalue weighted by Crippen LogP contribution is -2.60. The van der Waals surface area contributed by atoms with Gasteiger partial charge in [0.15, 0.2) is 11.4 Å². The number of nitrogens with one attached hydrogen (secondary N) is 1. The van der Waals surface area contributed by atoms with Gasteiger partial charge in [-0.1, -0.05) is 36.4 Å². The number of piperazine rings is 1. The van der Waals surface area contributed by atoms with Crippen molar-refractivity contribution in [3.63, 3.8) is 0 Å². The topological polar surface area (TPSA) is 44.8 Å². The molecule has 140 valence electrons. The minimum absolute atomic E-state index is 0.113. The SMILES string of the molecule is O=C1N(Cc2ccccc2)c2cccc(N3CCNCC3)c2OC12CCC2. The summed E-state index contributed by atoms with van der Waals surface area (Å²) in [4.78, 5) is 17.7. The van der Waals surface area contributed by atoms with E-state index >= 15 is 0 Å². The molecule has 1 N–H and O–H groups in total. The molecule has 0 unspecified atom stereocenters. The van der Waals surface area contributed by atoms with Crippen molar-refractivity contribution < 1.29 is 9.53 Å². The lowest BCUT2D eigenvalue weighted by atomic mass is 9.77. The highest BCUT2D eigenvalue weighted by molar-refractivity contribution is 6.04. The summed E-state index contributed by atoms with van der Waals surface area (Å²) in [6, 6.07) is 16.4. The molecular formula is C22H25N3O2. The second kappa shape index (κ2) is 6.57. The highest BCUT2D eigenvalue weighted by Gasteiger charge is 2.53. The van der Waals surface area contributed by atoms with Crippen molar-refractivity contribution in [2.75, 3.05) is 36.0 Å². The maximum absolute atomic E-state index is 13.4. The van der Waals surface area contributed by atoms with E-state index in [1.807, 2.05) is 35.2 Å². The monoisotopic (exact) mass is 363 g/mol. The maximum atomic E-state index is 13.4. The van der Waals surface area contributed by atoms with Gasteiger partial charge in [0.2, 0.25) is 0 Å². The van der Waals surface area contributed by atoms with E-state index in [1.54, 1.807) is 0 Å². The van der Waals surface area contributed by atoms with Gasteiger partial charge in [-0.3, -0.25) is 4.79 Å². The van der Waals surface area contributed by atoms with Crippen LogP contribution in [-0.2, 0) is 11.3 Å². The van der Waals surface area contributed by atoms with Crippen molar-refractivity contribution in [2.45, 2.75) is 31.4 Å². The average molecular weight is 363 g/mol. The van der Waals surface area contributed by atoms with Crippen LogP contribution in [0.25, 0.3) is 0 Å². The molecule has 0 atom stereocenters. The normalized spacial score (nSPS) is 20.8. The number of ether oxygens (including phenoxy) is 1. The number of carbonyl (C=O) groups excluding carboxylic acids is 1. The van der Waals surface area contributed by atoms with E-state index in [0.29, 0.717) is 6.54 Å². The Balaban J connectivity index is 1.57. The van der Waals surface area contributed by atoms with Gasteiger partial charge in [0.25, 0.3) is 5.91 Å². The number of nitrogens with zero attached hydrogens (tertiary/aromatic N) is 2. The molecule has 5 heteroatoms. The van der Waals surface area contributed by atoms with Crippen molar-refractivity contribution in [2.24, 2.45) is 0 Å². The quantitative estimate of drug-likeness (QED) is 0.911. The Bertz CT molecular complexity index is 842. The number of para-hydroxylation sites is 1. The van der Waals surface area contributed by atoms with Crippen LogP contribution in [0, 0.1) is 0 Å². The number of carbonyl (C=O) groups is 1. The molecule has 0 bridgehead atoms. The summed E-state index contributed by atoms with van der Waals surface area (Å²) in [6.07, 6.45) is 2.68. The van der Waals surface area contributed by atoms with Crippen LogP contribution in [-0.4, -0.2) is 37.7 Å². The summed E-state index contributed by atoms with van der Waals surface area (Å²) < 4.78 is 6.47. The molecule has 2 heterocycles. The van der Waals surface area contributed by atoms with Crippen LogP contribution in [0.1, 0.15) is 24.8 Å². The zero-order chi connectivity index (χ0) is 18.3. The van der Waals surface area contributed by atoms with E-state index in [-0.39, 0.29) is 5.91 Å². The molecule has 2 aliphatic heterocycles. The van der Waals surface area contributed by atoms with Crippen LogP contribution in [0.15, 0.2) is 48.5 Å². The average Bonchev–Trinajstić information content (AvgIpc) is 2.69. The molecule has 2 aromatic carbocycles.